The number of hydrogen-bond acceptors (Lipinski definition) is 2. The molecule has 0 heterocycles. The van der Waals surface area contributed by atoms with Crippen LogP contribution in [0.3, 0.4) is 0 Å². The maximum absolute atomic E-state index is 13.2. The van der Waals surface area contributed by atoms with Crippen LogP contribution in [0.2, 0.25) is 5.02 Å². The normalized spacial score (nSPS) is 11.6. The fourth-order valence-electron chi connectivity index (χ4n) is 1.97. The van der Waals surface area contributed by atoms with Crippen LogP contribution in [0.1, 0.15) is 40.0 Å². The molecule has 0 aliphatic heterocycles. The van der Waals surface area contributed by atoms with Gasteiger partial charge in [-0.05, 0) is 25.3 Å². The highest BCUT2D eigenvalue weighted by molar-refractivity contribution is 6.31. The smallest absolute Gasteiger partial charge is 0.143 e. The lowest BCUT2D eigenvalue weighted by Gasteiger charge is -2.33. The van der Waals surface area contributed by atoms with Crippen molar-refractivity contribution in [3.8, 4) is 0 Å². The minimum absolute atomic E-state index is 0.00468. The van der Waals surface area contributed by atoms with Gasteiger partial charge in [-0.2, -0.15) is 0 Å². The van der Waals surface area contributed by atoms with Crippen molar-refractivity contribution in [2.24, 2.45) is 0 Å². The highest BCUT2D eigenvalue weighted by Gasteiger charge is 2.24. The molecule has 0 aromatic heterocycles. The van der Waals surface area contributed by atoms with E-state index in [1.54, 1.807) is 6.07 Å². The Morgan fingerprint density at radius 1 is 1.24 bits per heavy atom. The lowest BCUT2D eigenvalue weighted by atomic mass is 9.89. The van der Waals surface area contributed by atoms with Crippen LogP contribution in [0, 0.1) is 5.82 Å². The van der Waals surface area contributed by atoms with Crippen LogP contribution in [0.4, 0.5) is 15.8 Å². The number of nitrogens with one attached hydrogen (secondary N) is 1. The molecule has 2 nitrogen and oxygen atoms in total. The number of rotatable bonds is 5. The average molecular weight is 259 g/mol. The van der Waals surface area contributed by atoms with Gasteiger partial charge >= 0.3 is 0 Å². The van der Waals surface area contributed by atoms with Crippen LogP contribution in [0.15, 0.2) is 12.1 Å². The Labute approximate surface area is 107 Å². The molecule has 1 aromatic carbocycles. The summed E-state index contributed by atoms with van der Waals surface area (Å²) in [5.41, 5.74) is 6.90. The molecule has 4 heteroatoms. The van der Waals surface area contributed by atoms with E-state index in [4.69, 9.17) is 17.3 Å². The maximum Gasteiger partial charge on any atom is 0.143 e. The van der Waals surface area contributed by atoms with E-state index in [0.29, 0.717) is 11.4 Å². The first-order valence-corrected chi connectivity index (χ1v) is 6.38. The third-order valence-corrected chi connectivity index (χ3v) is 3.81. The summed E-state index contributed by atoms with van der Waals surface area (Å²) in [7, 11) is 0. The Hall–Kier alpha value is -0.960. The van der Waals surface area contributed by atoms with E-state index in [2.05, 4.69) is 26.1 Å². The molecule has 0 aliphatic rings. The van der Waals surface area contributed by atoms with Gasteiger partial charge in [-0.3, -0.25) is 0 Å². The second-order valence-corrected chi connectivity index (χ2v) is 4.73. The van der Waals surface area contributed by atoms with Gasteiger partial charge in [-0.15, -0.1) is 0 Å². The zero-order chi connectivity index (χ0) is 13.1. The first-order valence-electron chi connectivity index (χ1n) is 6.00. The topological polar surface area (TPSA) is 38.0 Å². The Kier molecular flexibility index (Phi) is 4.63. The molecule has 0 fully saturated rings. The second kappa shape index (κ2) is 5.58. The zero-order valence-corrected chi connectivity index (χ0v) is 11.4. The molecule has 1 rings (SSSR count). The summed E-state index contributed by atoms with van der Waals surface area (Å²) in [5, 5.41) is 3.50. The van der Waals surface area contributed by atoms with Crippen LogP contribution >= 0.6 is 11.6 Å². The van der Waals surface area contributed by atoms with E-state index < -0.39 is 5.82 Å². The summed E-state index contributed by atoms with van der Waals surface area (Å²) in [5.74, 6) is -0.482. The predicted molar refractivity (Wildman–Crippen MR) is 73.0 cm³/mol. The first-order chi connectivity index (χ1) is 7.98. The third-order valence-electron chi connectivity index (χ3n) is 3.52. The molecular weight excluding hydrogens is 239 g/mol. The van der Waals surface area contributed by atoms with Gasteiger partial charge in [0.1, 0.15) is 5.82 Å². The molecule has 0 aliphatic carbocycles. The van der Waals surface area contributed by atoms with Gasteiger partial charge < -0.3 is 11.1 Å². The van der Waals surface area contributed by atoms with Gasteiger partial charge in [0.2, 0.25) is 0 Å². The van der Waals surface area contributed by atoms with E-state index in [1.165, 1.54) is 6.07 Å². The van der Waals surface area contributed by atoms with Gasteiger partial charge in [-0.1, -0.05) is 32.4 Å². The standard InChI is InChI=1S/C13H20ClFN2/c1-4-13(5-2,6-3)17-12-7-9(14)10(15)8-11(12)16/h7-8,17H,4-6,16H2,1-3H3. The lowest BCUT2D eigenvalue weighted by molar-refractivity contribution is 0.420. The highest BCUT2D eigenvalue weighted by atomic mass is 35.5. The van der Waals surface area contributed by atoms with Crippen molar-refractivity contribution in [1.82, 2.24) is 0 Å². The average Bonchev–Trinajstić information content (AvgIpc) is 2.33. The van der Waals surface area contributed by atoms with Gasteiger partial charge in [0, 0.05) is 11.6 Å². The minimum atomic E-state index is -0.482. The van der Waals surface area contributed by atoms with E-state index in [9.17, 15) is 4.39 Å². The number of nitrogen functional groups attached to an aromatic ring is 1. The summed E-state index contributed by atoms with van der Waals surface area (Å²) >= 11 is 5.77. The molecule has 1 aromatic rings. The van der Waals surface area contributed by atoms with Gasteiger partial charge in [0.25, 0.3) is 0 Å². The largest absolute Gasteiger partial charge is 0.397 e. The quantitative estimate of drug-likeness (QED) is 0.766. The Bertz CT molecular complexity index is 381. The number of nitrogens with two attached hydrogens (primary N) is 1. The molecule has 0 bridgehead atoms. The van der Waals surface area contributed by atoms with Crippen LogP contribution in [0.25, 0.3) is 0 Å². The second-order valence-electron chi connectivity index (χ2n) is 4.32. The number of hydrogen-bond donors (Lipinski definition) is 2. The van der Waals surface area contributed by atoms with Gasteiger partial charge in [-0.25, -0.2) is 4.39 Å². The van der Waals surface area contributed by atoms with Gasteiger partial charge in [0.05, 0.1) is 16.4 Å². The SMILES string of the molecule is CCC(CC)(CC)Nc1cc(Cl)c(F)cc1N. The van der Waals surface area contributed by atoms with Crippen molar-refractivity contribution >= 4 is 23.0 Å². The first kappa shape index (κ1) is 14.1. The van der Waals surface area contributed by atoms with Crippen LogP contribution in [-0.4, -0.2) is 5.54 Å². The lowest BCUT2D eigenvalue weighted by Crippen LogP contribution is -2.36. The van der Waals surface area contributed by atoms with Crippen molar-refractivity contribution in [3.05, 3.63) is 23.0 Å². The molecular formula is C13H20ClFN2. The summed E-state index contributed by atoms with van der Waals surface area (Å²) in [6.45, 7) is 6.38. The number of halogens is 2. The molecule has 0 atom stereocenters. The minimum Gasteiger partial charge on any atom is -0.397 e. The predicted octanol–water partition coefficient (Wildman–Crippen LogP) is 4.44. The number of benzene rings is 1. The van der Waals surface area contributed by atoms with E-state index in [-0.39, 0.29) is 10.6 Å². The molecule has 0 saturated heterocycles. The Balaban J connectivity index is 3.05. The van der Waals surface area contributed by atoms with Crippen molar-refractivity contribution in [2.45, 2.75) is 45.6 Å². The molecule has 17 heavy (non-hydrogen) atoms. The van der Waals surface area contributed by atoms with Crippen molar-refractivity contribution < 1.29 is 4.39 Å². The van der Waals surface area contributed by atoms with Crippen LogP contribution in [0.5, 0.6) is 0 Å². The highest BCUT2D eigenvalue weighted by Crippen LogP contribution is 2.32. The fourth-order valence-corrected chi connectivity index (χ4v) is 2.13. The van der Waals surface area contributed by atoms with Crippen molar-refractivity contribution in [2.75, 3.05) is 11.1 Å². The summed E-state index contributed by atoms with van der Waals surface area (Å²) in [6, 6.07) is 2.82. The molecule has 0 saturated carbocycles. The molecule has 0 amide bonds. The molecule has 0 spiro atoms. The maximum atomic E-state index is 13.2. The van der Waals surface area contributed by atoms with Gasteiger partial charge in [0.15, 0.2) is 0 Å². The van der Waals surface area contributed by atoms with E-state index >= 15 is 0 Å². The zero-order valence-electron chi connectivity index (χ0n) is 10.6. The monoisotopic (exact) mass is 258 g/mol. The molecule has 0 unspecified atom stereocenters. The third kappa shape index (κ3) is 3.03. The van der Waals surface area contributed by atoms with E-state index in [0.717, 1.165) is 19.3 Å². The van der Waals surface area contributed by atoms with Crippen molar-refractivity contribution in [1.29, 1.82) is 0 Å². The summed E-state index contributed by atoms with van der Waals surface area (Å²) < 4.78 is 13.2. The summed E-state index contributed by atoms with van der Waals surface area (Å²) in [6.07, 6.45) is 2.94. The Morgan fingerprint density at radius 3 is 2.24 bits per heavy atom. The fraction of sp³-hybridized carbons (Fsp3) is 0.538. The van der Waals surface area contributed by atoms with Crippen LogP contribution in [-0.2, 0) is 0 Å². The molecule has 3 N–H and O–H groups in total. The molecule has 96 valence electrons. The number of anilines is 2. The van der Waals surface area contributed by atoms with E-state index in [1.807, 2.05) is 0 Å². The summed E-state index contributed by atoms with van der Waals surface area (Å²) in [4.78, 5) is 0. The van der Waals surface area contributed by atoms with Crippen LogP contribution < -0.4 is 11.1 Å². The molecule has 0 radical (unpaired) electrons. The Morgan fingerprint density at radius 2 is 1.76 bits per heavy atom. The van der Waals surface area contributed by atoms with Crippen molar-refractivity contribution in [3.63, 3.8) is 0 Å².